The van der Waals surface area contributed by atoms with E-state index in [0.717, 1.165) is 0 Å². The number of rotatable bonds is 2. The highest BCUT2D eigenvalue weighted by Gasteiger charge is 2.22. The molecule has 14 heavy (non-hydrogen) atoms. The van der Waals surface area contributed by atoms with E-state index in [9.17, 15) is 0 Å². The lowest BCUT2D eigenvalue weighted by Crippen LogP contribution is -2.16. The van der Waals surface area contributed by atoms with E-state index in [2.05, 4.69) is 30.3 Å². The van der Waals surface area contributed by atoms with Gasteiger partial charge in [-0.25, -0.2) is 0 Å². The van der Waals surface area contributed by atoms with Crippen LogP contribution in [0.4, 0.5) is 0 Å². The van der Waals surface area contributed by atoms with Crippen LogP contribution in [0.25, 0.3) is 0 Å². The molecule has 1 N–H and O–H groups in total. The van der Waals surface area contributed by atoms with Crippen LogP contribution >= 0.6 is 0 Å². The molecule has 0 bridgehead atoms. The van der Waals surface area contributed by atoms with Crippen molar-refractivity contribution < 1.29 is 5.11 Å². The van der Waals surface area contributed by atoms with Crippen LogP contribution in [0.1, 0.15) is 37.2 Å². The molecule has 1 aromatic rings. The van der Waals surface area contributed by atoms with Crippen molar-refractivity contribution in [1.82, 2.24) is 0 Å². The molecule has 0 amide bonds. The molecule has 1 saturated carbocycles. The molecule has 2 rings (SSSR count). The van der Waals surface area contributed by atoms with Gasteiger partial charge in [0, 0.05) is 6.61 Å². The Hall–Kier alpha value is -0.820. The monoisotopic (exact) mass is 190 g/mol. The molecule has 0 aliphatic heterocycles. The average molecular weight is 190 g/mol. The minimum Gasteiger partial charge on any atom is -0.396 e. The third-order valence-electron chi connectivity index (χ3n) is 3.31. The fourth-order valence-electron chi connectivity index (χ4n) is 2.48. The van der Waals surface area contributed by atoms with Crippen LogP contribution in [-0.2, 0) is 0 Å². The molecule has 2 atom stereocenters. The number of aliphatic hydroxyl groups excluding tert-OH is 1. The van der Waals surface area contributed by atoms with Crippen LogP contribution in [0, 0.1) is 5.92 Å². The molecule has 0 radical (unpaired) electrons. The van der Waals surface area contributed by atoms with Crippen LogP contribution in [0.15, 0.2) is 30.3 Å². The number of benzene rings is 1. The van der Waals surface area contributed by atoms with E-state index in [0.29, 0.717) is 18.4 Å². The summed E-state index contributed by atoms with van der Waals surface area (Å²) in [6.07, 6.45) is 4.94. The third-order valence-corrected chi connectivity index (χ3v) is 3.31. The van der Waals surface area contributed by atoms with Crippen molar-refractivity contribution in [2.24, 2.45) is 5.92 Å². The maximum absolute atomic E-state index is 9.16. The van der Waals surface area contributed by atoms with Gasteiger partial charge in [-0.1, -0.05) is 36.8 Å². The van der Waals surface area contributed by atoms with Crippen LogP contribution in [-0.4, -0.2) is 11.7 Å². The van der Waals surface area contributed by atoms with Gasteiger partial charge in [0.2, 0.25) is 0 Å². The van der Waals surface area contributed by atoms with Gasteiger partial charge < -0.3 is 5.11 Å². The summed E-state index contributed by atoms with van der Waals surface area (Å²) in [6.45, 7) is 0.364. The quantitative estimate of drug-likeness (QED) is 0.760. The summed E-state index contributed by atoms with van der Waals surface area (Å²) in [5.74, 6) is 1.22. The fraction of sp³-hybridized carbons (Fsp3) is 0.538. The SMILES string of the molecule is OC[C@@H]1CCC[C@H](c2ccccc2)C1. The molecule has 0 heterocycles. The Morgan fingerprint density at radius 1 is 1.14 bits per heavy atom. The number of hydrogen-bond donors (Lipinski definition) is 1. The van der Waals surface area contributed by atoms with Gasteiger partial charge >= 0.3 is 0 Å². The maximum atomic E-state index is 9.16. The summed E-state index contributed by atoms with van der Waals surface area (Å²) in [7, 11) is 0. The van der Waals surface area contributed by atoms with Crippen molar-refractivity contribution in [3.05, 3.63) is 35.9 Å². The summed E-state index contributed by atoms with van der Waals surface area (Å²) in [5, 5.41) is 9.16. The zero-order valence-electron chi connectivity index (χ0n) is 8.52. The average Bonchev–Trinajstić information content (AvgIpc) is 2.30. The number of hydrogen-bond acceptors (Lipinski definition) is 1. The largest absolute Gasteiger partial charge is 0.396 e. The second-order valence-corrected chi connectivity index (χ2v) is 4.32. The van der Waals surface area contributed by atoms with Crippen LogP contribution in [0.2, 0.25) is 0 Å². The Morgan fingerprint density at radius 3 is 2.64 bits per heavy atom. The smallest absolute Gasteiger partial charge is 0.0459 e. The van der Waals surface area contributed by atoms with E-state index >= 15 is 0 Å². The molecule has 0 saturated heterocycles. The summed E-state index contributed by atoms with van der Waals surface area (Å²) < 4.78 is 0. The van der Waals surface area contributed by atoms with Crippen molar-refractivity contribution in [1.29, 1.82) is 0 Å². The Kier molecular flexibility index (Phi) is 3.20. The predicted octanol–water partition coefficient (Wildman–Crippen LogP) is 2.95. The van der Waals surface area contributed by atoms with Crippen molar-refractivity contribution in [3.63, 3.8) is 0 Å². The lowest BCUT2D eigenvalue weighted by atomic mass is 9.78. The first-order chi connectivity index (χ1) is 6.90. The van der Waals surface area contributed by atoms with Gasteiger partial charge in [0.05, 0.1) is 0 Å². The Balaban J connectivity index is 2.04. The number of aliphatic hydroxyl groups is 1. The first kappa shape index (κ1) is 9.72. The van der Waals surface area contributed by atoms with Crippen molar-refractivity contribution in [2.45, 2.75) is 31.6 Å². The van der Waals surface area contributed by atoms with E-state index < -0.39 is 0 Å². The minimum absolute atomic E-state index is 0.364. The Labute approximate surface area is 85.8 Å². The highest BCUT2D eigenvalue weighted by atomic mass is 16.3. The molecule has 0 unspecified atom stereocenters. The van der Waals surface area contributed by atoms with Gasteiger partial charge in [-0.3, -0.25) is 0 Å². The second-order valence-electron chi connectivity index (χ2n) is 4.32. The predicted molar refractivity (Wildman–Crippen MR) is 58.2 cm³/mol. The van der Waals surface area contributed by atoms with Gasteiger partial charge in [0.25, 0.3) is 0 Å². The Bertz CT molecular complexity index is 268. The molecular formula is C13H18O. The van der Waals surface area contributed by atoms with E-state index in [1.54, 1.807) is 0 Å². The van der Waals surface area contributed by atoms with Gasteiger partial charge in [0.15, 0.2) is 0 Å². The minimum atomic E-state index is 0.364. The second kappa shape index (κ2) is 4.61. The van der Waals surface area contributed by atoms with E-state index in [1.165, 1.54) is 31.2 Å². The van der Waals surface area contributed by atoms with Crippen LogP contribution < -0.4 is 0 Å². The van der Waals surface area contributed by atoms with Gasteiger partial charge in [-0.05, 0) is 36.7 Å². The summed E-state index contributed by atoms with van der Waals surface area (Å²) >= 11 is 0. The highest BCUT2D eigenvalue weighted by molar-refractivity contribution is 5.19. The first-order valence-corrected chi connectivity index (χ1v) is 5.56. The molecule has 1 heteroatoms. The molecule has 1 aliphatic carbocycles. The van der Waals surface area contributed by atoms with Crippen LogP contribution in [0.5, 0.6) is 0 Å². The van der Waals surface area contributed by atoms with Gasteiger partial charge in [0.1, 0.15) is 0 Å². The summed E-state index contributed by atoms with van der Waals surface area (Å²) in [4.78, 5) is 0. The lowest BCUT2D eigenvalue weighted by Gasteiger charge is -2.28. The fourth-order valence-corrected chi connectivity index (χ4v) is 2.48. The van der Waals surface area contributed by atoms with E-state index in [4.69, 9.17) is 5.11 Å². The molecule has 0 aromatic heterocycles. The molecule has 1 fully saturated rings. The van der Waals surface area contributed by atoms with Gasteiger partial charge in [-0.2, -0.15) is 0 Å². The Morgan fingerprint density at radius 2 is 1.93 bits per heavy atom. The lowest BCUT2D eigenvalue weighted by molar-refractivity contribution is 0.180. The molecule has 1 nitrogen and oxygen atoms in total. The zero-order chi connectivity index (χ0) is 9.80. The normalized spacial score (nSPS) is 27.5. The first-order valence-electron chi connectivity index (χ1n) is 5.56. The van der Waals surface area contributed by atoms with E-state index in [1.807, 2.05) is 0 Å². The molecular weight excluding hydrogens is 172 g/mol. The highest BCUT2D eigenvalue weighted by Crippen LogP contribution is 2.35. The zero-order valence-corrected chi connectivity index (χ0v) is 8.52. The van der Waals surface area contributed by atoms with Crippen molar-refractivity contribution in [3.8, 4) is 0 Å². The molecule has 1 aliphatic rings. The molecule has 1 aromatic carbocycles. The van der Waals surface area contributed by atoms with E-state index in [-0.39, 0.29) is 0 Å². The standard InChI is InChI=1S/C13H18O/c14-10-11-5-4-8-13(9-11)12-6-2-1-3-7-12/h1-3,6-7,11,13-14H,4-5,8-10H2/t11-,13+/m1/s1. The van der Waals surface area contributed by atoms with Crippen LogP contribution in [0.3, 0.4) is 0 Å². The summed E-state index contributed by atoms with van der Waals surface area (Å²) in [6, 6.07) is 10.7. The topological polar surface area (TPSA) is 20.2 Å². The van der Waals surface area contributed by atoms with Crippen molar-refractivity contribution in [2.75, 3.05) is 6.61 Å². The third kappa shape index (κ3) is 2.16. The molecule has 0 spiro atoms. The summed E-state index contributed by atoms with van der Waals surface area (Å²) in [5.41, 5.74) is 1.45. The molecule has 76 valence electrons. The van der Waals surface area contributed by atoms with Crippen molar-refractivity contribution >= 4 is 0 Å². The maximum Gasteiger partial charge on any atom is 0.0459 e. The van der Waals surface area contributed by atoms with Gasteiger partial charge in [-0.15, -0.1) is 0 Å².